The molecule has 0 atom stereocenters. The molecule has 2 heterocycles. The Bertz CT molecular complexity index is 1110. The number of nitro groups is 1. The minimum absolute atomic E-state index is 0. The number of ether oxygens (including phenoxy) is 2. The van der Waals surface area contributed by atoms with Gasteiger partial charge in [-0.1, -0.05) is 51.1 Å². The number of carbonyl (C=O) groups is 1. The minimum atomic E-state index is -0.411. The van der Waals surface area contributed by atoms with Crippen molar-refractivity contribution in [2.24, 2.45) is 5.92 Å². The highest BCUT2D eigenvalue weighted by molar-refractivity contribution is 5.76. The molecule has 0 saturated carbocycles. The van der Waals surface area contributed by atoms with Gasteiger partial charge in [0.1, 0.15) is 0 Å². The summed E-state index contributed by atoms with van der Waals surface area (Å²) in [7, 11) is 0. The molecule has 4 rings (SSSR count). The summed E-state index contributed by atoms with van der Waals surface area (Å²) in [6.07, 6.45) is 4.52. The third kappa shape index (κ3) is 10.0. The van der Waals surface area contributed by atoms with E-state index in [1.165, 1.54) is 17.2 Å². The lowest BCUT2D eigenvalue weighted by Crippen LogP contribution is -2.44. The van der Waals surface area contributed by atoms with Gasteiger partial charge in [-0.3, -0.25) is 14.9 Å². The molecule has 226 valence electrons. The predicted octanol–water partition coefficient (Wildman–Crippen LogP) is 6.05. The van der Waals surface area contributed by atoms with Gasteiger partial charge in [-0.15, -0.1) is 0 Å². The van der Waals surface area contributed by atoms with Crippen molar-refractivity contribution in [2.75, 3.05) is 44.6 Å². The second-order valence-corrected chi connectivity index (χ2v) is 11.5. The lowest BCUT2D eigenvalue weighted by Gasteiger charge is -2.34. The Labute approximate surface area is 245 Å². The van der Waals surface area contributed by atoms with E-state index in [4.69, 9.17) is 9.47 Å². The SMILES string of the molecule is C.Cc1ccc(COC2CCN(CCC(=O)N3CCC(Nc4ccc([N+](=O)[O-])c(OCC(C)C)c4)CC3)CC2)cc1. The second kappa shape index (κ2) is 15.7. The normalized spacial score (nSPS) is 16.8. The molecule has 2 saturated heterocycles. The first-order valence-electron chi connectivity index (χ1n) is 14.6. The largest absolute Gasteiger partial charge is 0.486 e. The van der Waals surface area contributed by atoms with Crippen molar-refractivity contribution in [2.45, 2.75) is 79.1 Å². The number of aryl methyl sites for hydroxylation is 1. The summed E-state index contributed by atoms with van der Waals surface area (Å²) < 4.78 is 11.8. The molecule has 1 N–H and O–H groups in total. The maximum atomic E-state index is 12.9. The molecule has 2 fully saturated rings. The molecule has 0 spiro atoms. The van der Waals surface area contributed by atoms with Crippen molar-refractivity contribution in [3.63, 3.8) is 0 Å². The molecule has 2 aliphatic heterocycles. The van der Waals surface area contributed by atoms with Gasteiger partial charge in [0.25, 0.3) is 0 Å². The van der Waals surface area contributed by atoms with Gasteiger partial charge in [0.2, 0.25) is 5.91 Å². The van der Waals surface area contributed by atoms with E-state index in [0.29, 0.717) is 19.6 Å². The third-order valence-corrected chi connectivity index (χ3v) is 7.73. The van der Waals surface area contributed by atoms with E-state index < -0.39 is 4.92 Å². The van der Waals surface area contributed by atoms with Gasteiger partial charge in [-0.25, -0.2) is 0 Å². The topological polar surface area (TPSA) is 97.2 Å². The Kier molecular flexibility index (Phi) is 12.4. The Morgan fingerprint density at radius 2 is 1.73 bits per heavy atom. The van der Waals surface area contributed by atoms with E-state index in [2.05, 4.69) is 41.4 Å². The quantitative estimate of drug-likeness (QED) is 0.246. The third-order valence-electron chi connectivity index (χ3n) is 7.73. The van der Waals surface area contributed by atoms with Gasteiger partial charge >= 0.3 is 5.69 Å². The zero-order valence-electron chi connectivity index (χ0n) is 24.1. The molecule has 9 nitrogen and oxygen atoms in total. The Hall–Kier alpha value is -3.17. The van der Waals surface area contributed by atoms with Gasteiger partial charge in [-0.2, -0.15) is 0 Å². The molecule has 0 bridgehead atoms. The number of nitro benzene ring substituents is 1. The number of rotatable bonds is 12. The zero-order chi connectivity index (χ0) is 28.5. The first-order valence-corrected chi connectivity index (χ1v) is 14.6. The first-order chi connectivity index (χ1) is 19.3. The molecule has 0 aromatic heterocycles. The number of likely N-dealkylation sites (tertiary alicyclic amines) is 2. The number of benzene rings is 2. The summed E-state index contributed by atoms with van der Waals surface area (Å²) in [5.41, 5.74) is 3.26. The van der Waals surface area contributed by atoms with Gasteiger partial charge in [0, 0.05) is 63.0 Å². The summed E-state index contributed by atoms with van der Waals surface area (Å²) in [6.45, 7) is 11.4. The van der Waals surface area contributed by atoms with Gasteiger partial charge in [0.05, 0.1) is 24.2 Å². The average molecular weight is 569 g/mol. The van der Waals surface area contributed by atoms with Crippen LogP contribution < -0.4 is 10.1 Å². The van der Waals surface area contributed by atoms with Crippen LogP contribution in [-0.4, -0.2) is 72.1 Å². The van der Waals surface area contributed by atoms with Crippen LogP contribution in [0.25, 0.3) is 0 Å². The average Bonchev–Trinajstić information content (AvgIpc) is 2.95. The summed E-state index contributed by atoms with van der Waals surface area (Å²) in [5.74, 6) is 0.780. The zero-order valence-corrected chi connectivity index (χ0v) is 24.1. The fraction of sp³-hybridized carbons (Fsp3) is 0.594. The Morgan fingerprint density at radius 1 is 1.05 bits per heavy atom. The number of piperidine rings is 2. The van der Waals surface area contributed by atoms with Crippen LogP contribution in [0.4, 0.5) is 11.4 Å². The van der Waals surface area contributed by atoms with Crippen LogP contribution in [0, 0.1) is 23.0 Å². The fourth-order valence-corrected chi connectivity index (χ4v) is 5.25. The molecule has 2 aliphatic rings. The highest BCUT2D eigenvalue weighted by atomic mass is 16.6. The molecule has 0 unspecified atom stereocenters. The number of nitrogens with zero attached hydrogens (tertiary/aromatic N) is 3. The minimum Gasteiger partial charge on any atom is -0.486 e. The standard InChI is InChI=1S/C31H44N4O5.CH4/c1-23(2)21-40-30-20-27(8-9-29(30)35(37)38)32-26-10-18-34(19-11-26)31(36)14-17-33-15-12-28(13-16-33)39-22-25-6-4-24(3)5-7-25;/h4-9,20,23,26,28,32H,10-19,21-22H2,1-3H3;1H4. The van der Waals surface area contributed by atoms with Crippen LogP contribution in [-0.2, 0) is 16.1 Å². The molecular weight excluding hydrogens is 520 g/mol. The molecule has 0 radical (unpaired) electrons. The molecule has 9 heteroatoms. The number of amides is 1. The van der Waals surface area contributed by atoms with Crippen molar-refractivity contribution in [1.29, 1.82) is 0 Å². The molecule has 2 aromatic carbocycles. The van der Waals surface area contributed by atoms with Crippen LogP contribution in [0.2, 0.25) is 0 Å². The molecule has 41 heavy (non-hydrogen) atoms. The maximum absolute atomic E-state index is 12.9. The highest BCUT2D eigenvalue weighted by Crippen LogP contribution is 2.31. The van der Waals surface area contributed by atoms with Crippen LogP contribution >= 0.6 is 0 Å². The fourth-order valence-electron chi connectivity index (χ4n) is 5.25. The Balaban J connectivity index is 0.00000462. The maximum Gasteiger partial charge on any atom is 0.311 e. The van der Waals surface area contributed by atoms with E-state index >= 15 is 0 Å². The lowest BCUT2D eigenvalue weighted by atomic mass is 10.0. The second-order valence-electron chi connectivity index (χ2n) is 11.5. The summed E-state index contributed by atoms with van der Waals surface area (Å²) in [5, 5.41) is 14.9. The summed E-state index contributed by atoms with van der Waals surface area (Å²) in [6, 6.07) is 13.7. The van der Waals surface area contributed by atoms with Gasteiger partial charge < -0.3 is 24.6 Å². The molecule has 1 amide bonds. The van der Waals surface area contributed by atoms with Crippen LogP contribution in [0.1, 0.15) is 64.5 Å². The van der Waals surface area contributed by atoms with E-state index in [1.54, 1.807) is 12.1 Å². The highest BCUT2D eigenvalue weighted by Gasteiger charge is 2.25. The number of carbonyl (C=O) groups excluding carboxylic acids is 1. The number of hydrogen-bond donors (Lipinski definition) is 1. The van der Waals surface area contributed by atoms with Crippen molar-refractivity contribution in [3.8, 4) is 5.75 Å². The molecule has 2 aromatic rings. The molecular formula is C32H48N4O5. The monoisotopic (exact) mass is 568 g/mol. The van der Waals surface area contributed by atoms with Crippen molar-refractivity contribution in [1.82, 2.24) is 9.80 Å². The van der Waals surface area contributed by atoms with E-state index in [1.807, 2.05) is 18.7 Å². The number of hydrogen-bond acceptors (Lipinski definition) is 7. The first kappa shape index (κ1) is 32.3. The summed E-state index contributed by atoms with van der Waals surface area (Å²) >= 11 is 0. The lowest BCUT2D eigenvalue weighted by molar-refractivity contribution is -0.385. The van der Waals surface area contributed by atoms with Crippen LogP contribution in [0.3, 0.4) is 0 Å². The number of anilines is 1. The van der Waals surface area contributed by atoms with E-state index in [-0.39, 0.29) is 42.8 Å². The number of nitrogens with one attached hydrogen (secondary N) is 1. The van der Waals surface area contributed by atoms with Crippen molar-refractivity contribution in [3.05, 3.63) is 63.7 Å². The van der Waals surface area contributed by atoms with E-state index in [0.717, 1.165) is 64.1 Å². The van der Waals surface area contributed by atoms with Crippen LogP contribution in [0.5, 0.6) is 5.75 Å². The molecule has 0 aliphatic carbocycles. The van der Waals surface area contributed by atoms with Crippen molar-refractivity contribution >= 4 is 17.3 Å². The Morgan fingerprint density at radius 3 is 2.37 bits per heavy atom. The van der Waals surface area contributed by atoms with E-state index in [9.17, 15) is 14.9 Å². The summed E-state index contributed by atoms with van der Waals surface area (Å²) in [4.78, 5) is 28.2. The smallest absolute Gasteiger partial charge is 0.311 e. The van der Waals surface area contributed by atoms with Crippen LogP contribution in [0.15, 0.2) is 42.5 Å². The van der Waals surface area contributed by atoms with Gasteiger partial charge in [0.15, 0.2) is 5.75 Å². The van der Waals surface area contributed by atoms with Crippen molar-refractivity contribution < 1.29 is 19.2 Å². The predicted molar refractivity (Wildman–Crippen MR) is 163 cm³/mol. The van der Waals surface area contributed by atoms with Gasteiger partial charge in [-0.05, 0) is 50.2 Å².